The summed E-state index contributed by atoms with van der Waals surface area (Å²) < 4.78 is 0. The van der Waals surface area contributed by atoms with Crippen molar-refractivity contribution in [1.82, 2.24) is 5.32 Å². The fraction of sp³-hybridized carbons (Fsp3) is 0.294. The molecule has 0 amide bonds. The summed E-state index contributed by atoms with van der Waals surface area (Å²) in [6.45, 7) is 2.03. The van der Waals surface area contributed by atoms with Gasteiger partial charge in [-0.1, -0.05) is 54.6 Å². The zero-order valence-corrected chi connectivity index (χ0v) is 11.2. The Labute approximate surface area is 115 Å². The van der Waals surface area contributed by atoms with E-state index in [1.165, 1.54) is 11.1 Å². The van der Waals surface area contributed by atoms with Crippen LogP contribution in [0.15, 0.2) is 54.6 Å². The highest BCUT2D eigenvalue weighted by molar-refractivity contribution is 5.21. The first-order valence-corrected chi connectivity index (χ1v) is 6.82. The third-order valence-corrected chi connectivity index (χ3v) is 3.20. The van der Waals surface area contributed by atoms with Crippen LogP contribution in [-0.2, 0) is 19.6 Å². The first-order chi connectivity index (χ1) is 9.38. The molecule has 0 aliphatic rings. The van der Waals surface area contributed by atoms with Crippen molar-refractivity contribution in [2.75, 3.05) is 6.54 Å². The summed E-state index contributed by atoms with van der Waals surface area (Å²) in [5.74, 6) is 0. The minimum Gasteiger partial charge on any atom is -0.392 e. The number of aryl methyl sites for hydroxylation is 1. The zero-order valence-electron chi connectivity index (χ0n) is 11.2. The largest absolute Gasteiger partial charge is 0.392 e. The first-order valence-electron chi connectivity index (χ1n) is 6.82. The molecule has 2 heteroatoms. The molecule has 0 bridgehead atoms. The molecule has 2 aromatic rings. The second kappa shape index (κ2) is 7.72. The maximum atomic E-state index is 8.97. The maximum absolute atomic E-state index is 8.97. The van der Waals surface area contributed by atoms with E-state index in [1.54, 1.807) is 0 Å². The lowest BCUT2D eigenvalue weighted by Gasteiger charge is -2.06. The molecule has 0 saturated carbocycles. The van der Waals surface area contributed by atoms with Gasteiger partial charge >= 0.3 is 0 Å². The van der Waals surface area contributed by atoms with E-state index in [9.17, 15) is 0 Å². The molecule has 0 aromatic heterocycles. The Kier molecular flexibility index (Phi) is 5.60. The van der Waals surface area contributed by atoms with Gasteiger partial charge in [-0.15, -0.1) is 0 Å². The molecule has 100 valence electrons. The number of rotatable bonds is 7. The predicted octanol–water partition coefficient (Wildman–Crippen LogP) is 2.90. The summed E-state index contributed by atoms with van der Waals surface area (Å²) >= 11 is 0. The molecule has 0 atom stereocenters. The van der Waals surface area contributed by atoms with E-state index in [2.05, 4.69) is 47.8 Å². The average molecular weight is 255 g/mol. The lowest BCUT2D eigenvalue weighted by Crippen LogP contribution is -2.15. The van der Waals surface area contributed by atoms with E-state index in [4.69, 9.17) is 5.11 Å². The van der Waals surface area contributed by atoms with Gasteiger partial charge in [-0.25, -0.2) is 0 Å². The summed E-state index contributed by atoms with van der Waals surface area (Å²) in [5, 5.41) is 12.4. The summed E-state index contributed by atoms with van der Waals surface area (Å²) in [5.41, 5.74) is 3.63. The molecule has 0 fully saturated rings. The Morgan fingerprint density at radius 1 is 0.789 bits per heavy atom. The van der Waals surface area contributed by atoms with Crippen molar-refractivity contribution in [2.24, 2.45) is 0 Å². The van der Waals surface area contributed by atoms with Gasteiger partial charge in [-0.05, 0) is 36.1 Å². The fourth-order valence-corrected chi connectivity index (χ4v) is 2.06. The van der Waals surface area contributed by atoms with Crippen LogP contribution in [0, 0.1) is 0 Å². The number of nitrogens with one attached hydrogen (secondary N) is 1. The second-order valence-electron chi connectivity index (χ2n) is 4.74. The van der Waals surface area contributed by atoms with E-state index in [0.29, 0.717) is 0 Å². The van der Waals surface area contributed by atoms with Gasteiger partial charge in [0.15, 0.2) is 0 Å². The van der Waals surface area contributed by atoms with Gasteiger partial charge in [0.1, 0.15) is 0 Å². The lowest BCUT2D eigenvalue weighted by molar-refractivity contribution is 0.282. The Morgan fingerprint density at radius 3 is 2.16 bits per heavy atom. The molecule has 2 rings (SSSR count). The van der Waals surface area contributed by atoms with Crippen molar-refractivity contribution in [2.45, 2.75) is 26.0 Å². The van der Waals surface area contributed by atoms with Crippen LogP contribution in [0.5, 0.6) is 0 Å². The summed E-state index contributed by atoms with van der Waals surface area (Å²) in [6.07, 6.45) is 2.27. The van der Waals surface area contributed by atoms with Gasteiger partial charge in [0, 0.05) is 6.54 Å². The van der Waals surface area contributed by atoms with E-state index in [-0.39, 0.29) is 6.61 Å². The lowest BCUT2D eigenvalue weighted by atomic mass is 10.1. The Bertz CT molecular complexity index is 464. The van der Waals surface area contributed by atoms with E-state index < -0.39 is 0 Å². The molecular weight excluding hydrogens is 234 g/mol. The number of hydrogen-bond donors (Lipinski definition) is 2. The van der Waals surface area contributed by atoms with Gasteiger partial charge in [-0.3, -0.25) is 0 Å². The van der Waals surface area contributed by atoms with Crippen LogP contribution in [0.1, 0.15) is 23.1 Å². The molecule has 0 aliphatic carbocycles. The van der Waals surface area contributed by atoms with Gasteiger partial charge in [-0.2, -0.15) is 0 Å². The topological polar surface area (TPSA) is 32.3 Å². The van der Waals surface area contributed by atoms with Gasteiger partial charge in [0.2, 0.25) is 0 Å². The summed E-state index contributed by atoms with van der Waals surface area (Å²) in [6, 6.07) is 18.7. The van der Waals surface area contributed by atoms with Crippen LogP contribution in [0.2, 0.25) is 0 Å². The zero-order chi connectivity index (χ0) is 13.3. The van der Waals surface area contributed by atoms with Crippen LogP contribution < -0.4 is 5.32 Å². The van der Waals surface area contributed by atoms with E-state index in [1.807, 2.05) is 12.1 Å². The molecule has 2 N–H and O–H groups in total. The van der Waals surface area contributed by atoms with Crippen molar-refractivity contribution in [3.8, 4) is 0 Å². The quantitative estimate of drug-likeness (QED) is 0.746. The normalized spacial score (nSPS) is 10.6. The van der Waals surface area contributed by atoms with Crippen LogP contribution in [0.25, 0.3) is 0 Å². The Morgan fingerprint density at radius 2 is 1.47 bits per heavy atom. The van der Waals surface area contributed by atoms with Crippen molar-refractivity contribution in [3.05, 3.63) is 71.3 Å². The molecule has 0 radical (unpaired) electrons. The van der Waals surface area contributed by atoms with Crippen LogP contribution >= 0.6 is 0 Å². The highest BCUT2D eigenvalue weighted by Crippen LogP contribution is 2.04. The highest BCUT2D eigenvalue weighted by atomic mass is 16.3. The standard InChI is InChI=1S/C17H21NO/c19-14-17-10-8-16(9-11-17)13-18-12-4-7-15-5-2-1-3-6-15/h1-3,5-6,8-11,18-19H,4,7,12-14H2. The minimum atomic E-state index is 0.116. The fourth-order valence-electron chi connectivity index (χ4n) is 2.06. The molecule has 19 heavy (non-hydrogen) atoms. The third kappa shape index (κ3) is 4.86. The monoisotopic (exact) mass is 255 g/mol. The molecule has 0 aliphatic heterocycles. The number of aliphatic hydroxyl groups excluding tert-OH is 1. The smallest absolute Gasteiger partial charge is 0.0681 e. The average Bonchev–Trinajstić information content (AvgIpc) is 2.49. The number of benzene rings is 2. The van der Waals surface area contributed by atoms with Crippen molar-refractivity contribution in [3.63, 3.8) is 0 Å². The van der Waals surface area contributed by atoms with Crippen molar-refractivity contribution >= 4 is 0 Å². The minimum absolute atomic E-state index is 0.116. The Hall–Kier alpha value is -1.64. The summed E-state index contributed by atoms with van der Waals surface area (Å²) in [4.78, 5) is 0. The van der Waals surface area contributed by atoms with Crippen molar-refractivity contribution in [1.29, 1.82) is 0 Å². The molecule has 0 saturated heterocycles. The van der Waals surface area contributed by atoms with Crippen LogP contribution in [0.4, 0.5) is 0 Å². The van der Waals surface area contributed by atoms with E-state index >= 15 is 0 Å². The van der Waals surface area contributed by atoms with Crippen LogP contribution in [0.3, 0.4) is 0 Å². The molecule has 0 unspecified atom stereocenters. The molecule has 2 nitrogen and oxygen atoms in total. The molecular formula is C17H21NO. The third-order valence-electron chi connectivity index (χ3n) is 3.20. The highest BCUT2D eigenvalue weighted by Gasteiger charge is 1.95. The predicted molar refractivity (Wildman–Crippen MR) is 78.8 cm³/mol. The molecule has 0 heterocycles. The molecule has 2 aromatic carbocycles. The van der Waals surface area contributed by atoms with Gasteiger partial charge in [0.25, 0.3) is 0 Å². The van der Waals surface area contributed by atoms with Crippen molar-refractivity contribution < 1.29 is 5.11 Å². The first kappa shape index (κ1) is 13.8. The SMILES string of the molecule is OCc1ccc(CNCCCc2ccccc2)cc1. The molecule has 0 spiro atoms. The Balaban J connectivity index is 1.63. The summed E-state index contributed by atoms with van der Waals surface area (Å²) in [7, 11) is 0. The second-order valence-corrected chi connectivity index (χ2v) is 4.74. The van der Waals surface area contributed by atoms with E-state index in [0.717, 1.165) is 31.5 Å². The van der Waals surface area contributed by atoms with Gasteiger partial charge in [0.05, 0.1) is 6.61 Å². The van der Waals surface area contributed by atoms with Gasteiger partial charge < -0.3 is 10.4 Å². The van der Waals surface area contributed by atoms with Crippen LogP contribution in [-0.4, -0.2) is 11.7 Å². The maximum Gasteiger partial charge on any atom is 0.0681 e. The number of aliphatic hydroxyl groups is 1. The number of hydrogen-bond acceptors (Lipinski definition) is 2.